The fourth-order valence-corrected chi connectivity index (χ4v) is 2.24. The van der Waals surface area contributed by atoms with E-state index in [1.807, 2.05) is 0 Å². The summed E-state index contributed by atoms with van der Waals surface area (Å²) >= 11 is 0. The third-order valence-corrected chi connectivity index (χ3v) is 3.12. The lowest BCUT2D eigenvalue weighted by atomic mass is 10.00. The van der Waals surface area contributed by atoms with Gasteiger partial charge in [-0.15, -0.1) is 0 Å². The molecule has 2 heterocycles. The standard InChI is InChI=1S/C10H16N2O2/c1-2-3-4-12-9(13)7-5-11-6-8(7)10(12)14/h7-8,11H,2-6H2,1H3/t7-,8-/m1/s1. The van der Waals surface area contributed by atoms with Gasteiger partial charge in [0, 0.05) is 19.6 Å². The largest absolute Gasteiger partial charge is 0.315 e. The van der Waals surface area contributed by atoms with Gasteiger partial charge in [0.2, 0.25) is 11.8 Å². The number of unbranched alkanes of at least 4 members (excludes halogenated alkanes) is 1. The number of carbonyl (C=O) groups is 2. The van der Waals surface area contributed by atoms with Gasteiger partial charge in [0.05, 0.1) is 11.8 Å². The van der Waals surface area contributed by atoms with Crippen molar-refractivity contribution in [1.29, 1.82) is 0 Å². The smallest absolute Gasteiger partial charge is 0.234 e. The van der Waals surface area contributed by atoms with Crippen molar-refractivity contribution < 1.29 is 9.59 Å². The highest BCUT2D eigenvalue weighted by Gasteiger charge is 2.49. The van der Waals surface area contributed by atoms with E-state index in [0.29, 0.717) is 19.6 Å². The Morgan fingerprint density at radius 1 is 1.29 bits per heavy atom. The lowest BCUT2D eigenvalue weighted by Gasteiger charge is -2.14. The molecule has 0 aromatic carbocycles. The van der Waals surface area contributed by atoms with Crippen LogP contribution in [0.5, 0.6) is 0 Å². The van der Waals surface area contributed by atoms with Crippen LogP contribution < -0.4 is 5.32 Å². The summed E-state index contributed by atoms with van der Waals surface area (Å²) in [5.41, 5.74) is 0. The van der Waals surface area contributed by atoms with Crippen LogP contribution >= 0.6 is 0 Å². The van der Waals surface area contributed by atoms with E-state index in [4.69, 9.17) is 0 Å². The molecule has 4 nitrogen and oxygen atoms in total. The predicted molar refractivity (Wildman–Crippen MR) is 51.5 cm³/mol. The Balaban J connectivity index is 2.06. The molecular formula is C10H16N2O2. The molecule has 0 spiro atoms. The number of rotatable bonds is 3. The second-order valence-electron chi connectivity index (χ2n) is 4.05. The minimum absolute atomic E-state index is 0.0402. The first kappa shape index (κ1) is 9.65. The topological polar surface area (TPSA) is 49.4 Å². The van der Waals surface area contributed by atoms with Gasteiger partial charge in [0.25, 0.3) is 0 Å². The minimum Gasteiger partial charge on any atom is -0.315 e. The van der Waals surface area contributed by atoms with Crippen LogP contribution in [0.3, 0.4) is 0 Å². The highest BCUT2D eigenvalue weighted by Crippen LogP contribution is 2.29. The molecule has 4 heteroatoms. The number of amides is 2. The first-order chi connectivity index (χ1) is 6.75. The maximum Gasteiger partial charge on any atom is 0.234 e. The zero-order valence-electron chi connectivity index (χ0n) is 8.45. The summed E-state index contributed by atoms with van der Waals surface area (Å²) in [5, 5.41) is 3.09. The zero-order valence-corrected chi connectivity index (χ0v) is 8.45. The molecule has 0 aromatic heterocycles. The van der Waals surface area contributed by atoms with E-state index in [2.05, 4.69) is 12.2 Å². The van der Waals surface area contributed by atoms with Gasteiger partial charge in [-0.2, -0.15) is 0 Å². The first-order valence-corrected chi connectivity index (χ1v) is 5.31. The molecule has 0 saturated carbocycles. The number of fused-ring (bicyclic) bond motifs is 1. The minimum atomic E-state index is -0.0700. The van der Waals surface area contributed by atoms with Gasteiger partial charge in [0.15, 0.2) is 0 Å². The fourth-order valence-electron chi connectivity index (χ4n) is 2.24. The Kier molecular flexibility index (Phi) is 2.54. The third kappa shape index (κ3) is 1.34. The zero-order chi connectivity index (χ0) is 10.1. The van der Waals surface area contributed by atoms with Crippen molar-refractivity contribution in [2.45, 2.75) is 19.8 Å². The van der Waals surface area contributed by atoms with E-state index in [-0.39, 0.29) is 23.7 Å². The molecule has 14 heavy (non-hydrogen) atoms. The summed E-state index contributed by atoms with van der Waals surface area (Å²) in [7, 11) is 0. The normalized spacial score (nSPS) is 31.4. The monoisotopic (exact) mass is 196 g/mol. The van der Waals surface area contributed by atoms with Gasteiger partial charge in [-0.25, -0.2) is 0 Å². The number of hydrogen-bond acceptors (Lipinski definition) is 3. The Morgan fingerprint density at radius 3 is 2.36 bits per heavy atom. The summed E-state index contributed by atoms with van der Waals surface area (Å²) < 4.78 is 0. The Bertz CT molecular complexity index is 243. The van der Waals surface area contributed by atoms with Crippen molar-refractivity contribution in [3.05, 3.63) is 0 Å². The molecule has 0 unspecified atom stereocenters. The average Bonchev–Trinajstić information content (AvgIpc) is 2.72. The Labute approximate surface area is 83.6 Å². The molecule has 0 bridgehead atoms. The van der Waals surface area contributed by atoms with Crippen LogP contribution in [0.15, 0.2) is 0 Å². The number of likely N-dealkylation sites (tertiary alicyclic amines) is 1. The van der Waals surface area contributed by atoms with E-state index in [1.54, 1.807) is 0 Å². The lowest BCUT2D eigenvalue weighted by molar-refractivity contribution is -0.140. The van der Waals surface area contributed by atoms with Gasteiger partial charge in [-0.05, 0) is 6.42 Å². The molecule has 2 aliphatic heterocycles. The maximum absolute atomic E-state index is 11.8. The van der Waals surface area contributed by atoms with Crippen LogP contribution in [0.4, 0.5) is 0 Å². The van der Waals surface area contributed by atoms with Crippen LogP contribution in [0, 0.1) is 11.8 Å². The second kappa shape index (κ2) is 3.69. The number of carbonyl (C=O) groups excluding carboxylic acids is 2. The molecule has 2 amide bonds. The second-order valence-corrected chi connectivity index (χ2v) is 4.05. The molecule has 1 N–H and O–H groups in total. The molecule has 2 aliphatic rings. The van der Waals surface area contributed by atoms with Crippen molar-refractivity contribution >= 4 is 11.8 Å². The van der Waals surface area contributed by atoms with Crippen molar-refractivity contribution in [2.24, 2.45) is 11.8 Å². The lowest BCUT2D eigenvalue weighted by Crippen LogP contribution is -2.35. The highest BCUT2D eigenvalue weighted by atomic mass is 16.2. The summed E-state index contributed by atoms with van der Waals surface area (Å²) in [5.74, 6) is -0.0596. The molecule has 2 fully saturated rings. The van der Waals surface area contributed by atoms with Gasteiger partial charge < -0.3 is 5.32 Å². The predicted octanol–water partition coefficient (Wildman–Crippen LogP) is -0.00910. The fraction of sp³-hybridized carbons (Fsp3) is 0.800. The van der Waals surface area contributed by atoms with Crippen molar-refractivity contribution in [2.75, 3.05) is 19.6 Å². The number of hydrogen-bond donors (Lipinski definition) is 1. The maximum atomic E-state index is 11.8. The number of imide groups is 1. The highest BCUT2D eigenvalue weighted by molar-refractivity contribution is 6.05. The molecular weight excluding hydrogens is 180 g/mol. The Morgan fingerprint density at radius 2 is 1.86 bits per heavy atom. The van der Waals surface area contributed by atoms with Crippen LogP contribution in [-0.2, 0) is 9.59 Å². The summed E-state index contributed by atoms with van der Waals surface area (Å²) in [4.78, 5) is 25.0. The summed E-state index contributed by atoms with van der Waals surface area (Å²) in [6, 6.07) is 0. The van der Waals surface area contributed by atoms with Gasteiger partial charge >= 0.3 is 0 Å². The molecule has 0 radical (unpaired) electrons. The van der Waals surface area contributed by atoms with E-state index >= 15 is 0 Å². The van der Waals surface area contributed by atoms with Crippen molar-refractivity contribution in [3.8, 4) is 0 Å². The SMILES string of the molecule is CCCCN1C(=O)[C@@H]2CNC[C@H]2C1=O. The number of nitrogens with zero attached hydrogens (tertiary/aromatic N) is 1. The van der Waals surface area contributed by atoms with Crippen molar-refractivity contribution in [3.63, 3.8) is 0 Å². The van der Waals surface area contributed by atoms with Crippen LogP contribution in [0.2, 0.25) is 0 Å². The number of nitrogens with one attached hydrogen (secondary N) is 1. The molecule has 2 atom stereocenters. The molecule has 2 rings (SSSR count). The van der Waals surface area contributed by atoms with Crippen LogP contribution in [0.25, 0.3) is 0 Å². The van der Waals surface area contributed by atoms with Crippen LogP contribution in [-0.4, -0.2) is 36.3 Å². The molecule has 0 aromatic rings. The van der Waals surface area contributed by atoms with E-state index in [9.17, 15) is 9.59 Å². The van der Waals surface area contributed by atoms with E-state index in [1.165, 1.54) is 4.90 Å². The molecule has 2 saturated heterocycles. The summed E-state index contributed by atoms with van der Waals surface area (Å²) in [6.45, 7) is 4.03. The first-order valence-electron chi connectivity index (χ1n) is 5.31. The third-order valence-electron chi connectivity index (χ3n) is 3.12. The van der Waals surface area contributed by atoms with Crippen LogP contribution in [0.1, 0.15) is 19.8 Å². The Hall–Kier alpha value is -0.900. The van der Waals surface area contributed by atoms with Gasteiger partial charge in [-0.3, -0.25) is 14.5 Å². The molecule has 0 aliphatic carbocycles. The van der Waals surface area contributed by atoms with Gasteiger partial charge in [-0.1, -0.05) is 13.3 Å². The summed E-state index contributed by atoms with van der Waals surface area (Å²) in [6.07, 6.45) is 1.94. The van der Waals surface area contributed by atoms with Crippen molar-refractivity contribution in [1.82, 2.24) is 10.2 Å². The van der Waals surface area contributed by atoms with E-state index < -0.39 is 0 Å². The quantitative estimate of drug-likeness (QED) is 0.646. The molecule has 78 valence electrons. The van der Waals surface area contributed by atoms with E-state index in [0.717, 1.165) is 12.8 Å². The average molecular weight is 196 g/mol. The van der Waals surface area contributed by atoms with Gasteiger partial charge in [0.1, 0.15) is 0 Å².